The van der Waals surface area contributed by atoms with Crippen LogP contribution in [0.2, 0.25) is 0 Å². The lowest BCUT2D eigenvalue weighted by atomic mass is 10.0. The van der Waals surface area contributed by atoms with Gasteiger partial charge in [-0.25, -0.2) is 4.39 Å². The van der Waals surface area contributed by atoms with Crippen molar-refractivity contribution in [2.75, 3.05) is 12.3 Å². The number of hydrogen-bond acceptors (Lipinski definition) is 2. The second kappa shape index (κ2) is 7.89. The average molecular weight is 297 g/mol. The maximum atomic E-state index is 13.1. The Kier molecular flexibility index (Phi) is 6.17. The van der Waals surface area contributed by atoms with Crippen LogP contribution in [0.15, 0.2) is 29.2 Å². The van der Waals surface area contributed by atoms with Crippen LogP contribution in [0.3, 0.4) is 0 Å². The maximum Gasteiger partial charge on any atom is 0.124 e. The minimum Gasteiger partial charge on any atom is -0.314 e. The maximum absolute atomic E-state index is 13.1. The van der Waals surface area contributed by atoms with Crippen molar-refractivity contribution in [3.05, 3.63) is 30.1 Å². The first-order chi connectivity index (χ1) is 9.70. The van der Waals surface area contributed by atoms with Crippen LogP contribution in [0.5, 0.6) is 0 Å². The molecule has 3 atom stereocenters. The molecule has 1 aromatic carbocycles. The zero-order valence-corrected chi connectivity index (χ0v) is 12.9. The number of rotatable bonds is 7. The van der Waals surface area contributed by atoms with Gasteiger partial charge in [0.05, 0.1) is 10.8 Å². The van der Waals surface area contributed by atoms with Gasteiger partial charge in [-0.15, -0.1) is 0 Å². The van der Waals surface area contributed by atoms with Crippen molar-refractivity contribution in [2.45, 2.75) is 50.0 Å². The van der Waals surface area contributed by atoms with Crippen LogP contribution in [0.25, 0.3) is 0 Å². The monoisotopic (exact) mass is 297 g/mol. The van der Waals surface area contributed by atoms with Gasteiger partial charge >= 0.3 is 0 Å². The number of benzene rings is 1. The van der Waals surface area contributed by atoms with Crippen molar-refractivity contribution in [3.63, 3.8) is 0 Å². The van der Waals surface area contributed by atoms with E-state index < -0.39 is 10.8 Å². The first kappa shape index (κ1) is 15.6. The molecule has 1 aliphatic carbocycles. The van der Waals surface area contributed by atoms with E-state index in [1.165, 1.54) is 31.4 Å². The molecule has 112 valence electrons. The van der Waals surface area contributed by atoms with Gasteiger partial charge < -0.3 is 5.32 Å². The summed E-state index contributed by atoms with van der Waals surface area (Å²) >= 11 is 0. The summed E-state index contributed by atoms with van der Waals surface area (Å²) in [5, 5.41) is 3.60. The van der Waals surface area contributed by atoms with Crippen LogP contribution in [-0.4, -0.2) is 22.5 Å². The first-order valence-corrected chi connectivity index (χ1v) is 8.90. The Morgan fingerprint density at radius 3 is 3.00 bits per heavy atom. The molecule has 0 bridgehead atoms. The number of halogens is 1. The van der Waals surface area contributed by atoms with E-state index in [1.807, 2.05) is 0 Å². The highest BCUT2D eigenvalue weighted by Crippen LogP contribution is 2.29. The van der Waals surface area contributed by atoms with Gasteiger partial charge in [-0.1, -0.05) is 19.4 Å². The van der Waals surface area contributed by atoms with Gasteiger partial charge in [-0.05, 0) is 56.3 Å². The Hall–Kier alpha value is -0.740. The molecular formula is C16H24FNOS. The predicted molar refractivity (Wildman–Crippen MR) is 81.7 cm³/mol. The lowest BCUT2D eigenvalue weighted by molar-refractivity contribution is 0.393. The van der Waals surface area contributed by atoms with E-state index in [1.54, 1.807) is 12.1 Å². The summed E-state index contributed by atoms with van der Waals surface area (Å²) in [5.41, 5.74) is 0. The highest BCUT2D eigenvalue weighted by Gasteiger charge is 2.26. The highest BCUT2D eigenvalue weighted by molar-refractivity contribution is 7.85. The molecule has 0 amide bonds. The van der Waals surface area contributed by atoms with Crippen molar-refractivity contribution in [1.82, 2.24) is 5.32 Å². The van der Waals surface area contributed by atoms with Gasteiger partial charge in [0, 0.05) is 16.7 Å². The minimum absolute atomic E-state index is 0.306. The normalized spacial score (nSPS) is 23.9. The lowest BCUT2D eigenvalue weighted by Crippen LogP contribution is -2.33. The van der Waals surface area contributed by atoms with Crippen LogP contribution in [0.4, 0.5) is 4.39 Å². The fraction of sp³-hybridized carbons (Fsp3) is 0.625. The quantitative estimate of drug-likeness (QED) is 0.834. The topological polar surface area (TPSA) is 29.1 Å². The molecule has 20 heavy (non-hydrogen) atoms. The van der Waals surface area contributed by atoms with E-state index in [9.17, 15) is 8.60 Å². The second-order valence-corrected chi connectivity index (χ2v) is 7.12. The molecule has 0 heterocycles. The highest BCUT2D eigenvalue weighted by atomic mass is 32.2. The second-order valence-electron chi connectivity index (χ2n) is 5.55. The van der Waals surface area contributed by atoms with E-state index in [0.717, 1.165) is 19.4 Å². The minimum atomic E-state index is -1.08. The molecule has 1 N–H and O–H groups in total. The van der Waals surface area contributed by atoms with Crippen molar-refractivity contribution in [2.24, 2.45) is 5.92 Å². The molecule has 1 aromatic rings. The smallest absolute Gasteiger partial charge is 0.124 e. The summed E-state index contributed by atoms with van der Waals surface area (Å²) in [6.45, 7) is 3.24. The van der Waals surface area contributed by atoms with E-state index in [-0.39, 0.29) is 5.82 Å². The molecule has 0 spiro atoms. The van der Waals surface area contributed by atoms with Crippen LogP contribution < -0.4 is 5.32 Å². The summed E-state index contributed by atoms with van der Waals surface area (Å²) in [6.07, 6.45) is 5.83. The van der Waals surface area contributed by atoms with Gasteiger partial charge in [0.2, 0.25) is 0 Å². The lowest BCUT2D eigenvalue weighted by Gasteiger charge is -2.20. The van der Waals surface area contributed by atoms with Crippen molar-refractivity contribution >= 4 is 10.8 Å². The fourth-order valence-electron chi connectivity index (χ4n) is 2.97. The average Bonchev–Trinajstić information content (AvgIpc) is 2.90. The van der Waals surface area contributed by atoms with Gasteiger partial charge in [0.15, 0.2) is 0 Å². The Balaban J connectivity index is 1.83. The van der Waals surface area contributed by atoms with E-state index in [2.05, 4.69) is 12.2 Å². The summed E-state index contributed by atoms with van der Waals surface area (Å²) in [6, 6.07) is 6.74. The molecule has 2 nitrogen and oxygen atoms in total. The molecule has 4 heteroatoms. The van der Waals surface area contributed by atoms with Gasteiger partial charge in [-0.2, -0.15) is 0 Å². The van der Waals surface area contributed by atoms with Crippen molar-refractivity contribution in [1.29, 1.82) is 0 Å². The van der Waals surface area contributed by atoms with E-state index in [4.69, 9.17) is 0 Å². The summed E-state index contributed by atoms with van der Waals surface area (Å²) in [4.78, 5) is 0.612. The molecule has 3 unspecified atom stereocenters. The molecule has 0 radical (unpaired) electrons. The molecule has 0 saturated heterocycles. The molecule has 1 fully saturated rings. The Bertz CT molecular complexity index is 452. The summed E-state index contributed by atoms with van der Waals surface area (Å²) in [7, 11) is -1.08. The van der Waals surface area contributed by atoms with Gasteiger partial charge in [0.25, 0.3) is 0 Å². The molecule has 0 aromatic heterocycles. The molecule has 1 saturated carbocycles. The zero-order chi connectivity index (χ0) is 14.4. The van der Waals surface area contributed by atoms with Crippen LogP contribution in [0.1, 0.15) is 39.0 Å². The Morgan fingerprint density at radius 1 is 1.40 bits per heavy atom. The van der Waals surface area contributed by atoms with E-state index >= 15 is 0 Å². The Labute approximate surface area is 123 Å². The number of nitrogens with one attached hydrogen (secondary N) is 1. The molecule has 0 aliphatic heterocycles. The van der Waals surface area contributed by atoms with Crippen LogP contribution in [-0.2, 0) is 10.8 Å². The van der Waals surface area contributed by atoms with Crippen LogP contribution >= 0.6 is 0 Å². The fourth-order valence-corrected chi connectivity index (χ4v) is 4.19. The standard InChI is InChI=1S/C16H24FNOS/c1-2-10-18-16-8-3-5-13(16)9-11-20(19)15-7-4-6-14(17)12-15/h4,6-7,12-13,16,18H,2-3,5,8-11H2,1H3. The predicted octanol–water partition coefficient (Wildman–Crippen LogP) is 3.49. The molecule has 1 aliphatic rings. The molecular weight excluding hydrogens is 273 g/mol. The summed E-state index contributed by atoms with van der Waals surface area (Å²) in [5.74, 6) is 0.955. The summed E-state index contributed by atoms with van der Waals surface area (Å²) < 4.78 is 25.3. The number of hydrogen-bond donors (Lipinski definition) is 1. The van der Waals surface area contributed by atoms with Gasteiger partial charge in [-0.3, -0.25) is 4.21 Å². The van der Waals surface area contributed by atoms with E-state index in [0.29, 0.717) is 22.6 Å². The Morgan fingerprint density at radius 2 is 2.25 bits per heavy atom. The SMILES string of the molecule is CCCNC1CCCC1CCS(=O)c1cccc(F)c1. The molecule has 2 rings (SSSR count). The third-order valence-corrected chi connectivity index (χ3v) is 5.43. The van der Waals surface area contributed by atoms with Crippen molar-refractivity contribution < 1.29 is 8.60 Å². The van der Waals surface area contributed by atoms with Gasteiger partial charge in [0.1, 0.15) is 5.82 Å². The third kappa shape index (κ3) is 4.38. The third-order valence-electron chi connectivity index (χ3n) is 4.05. The van der Waals surface area contributed by atoms with Crippen molar-refractivity contribution in [3.8, 4) is 0 Å². The first-order valence-electron chi connectivity index (χ1n) is 7.58. The van der Waals surface area contributed by atoms with Crippen LogP contribution in [0, 0.1) is 11.7 Å². The zero-order valence-electron chi connectivity index (χ0n) is 12.1. The largest absolute Gasteiger partial charge is 0.314 e.